The highest BCUT2D eigenvalue weighted by Gasteiger charge is 2.15. The number of hydrogen-bond acceptors (Lipinski definition) is 6. The Morgan fingerprint density at radius 3 is 2.47 bits per heavy atom. The van der Waals surface area contributed by atoms with Crippen LogP contribution in [-0.2, 0) is 16.2 Å². The van der Waals surface area contributed by atoms with Crippen LogP contribution in [0.5, 0.6) is 17.2 Å². The molecule has 3 aromatic carbocycles. The van der Waals surface area contributed by atoms with E-state index >= 15 is 0 Å². The quantitative estimate of drug-likeness (QED) is 0.284. The third-order valence-electron chi connectivity index (χ3n) is 4.55. The number of ether oxygens (including phenoxy) is 3. The van der Waals surface area contributed by atoms with Gasteiger partial charge in [0.1, 0.15) is 18.2 Å². The Bertz CT molecular complexity index is 1180. The minimum atomic E-state index is -0.947. The summed E-state index contributed by atoms with van der Waals surface area (Å²) >= 11 is 0. The molecule has 2 amide bonds. The predicted molar refractivity (Wildman–Crippen MR) is 126 cm³/mol. The number of anilines is 1. The van der Waals surface area contributed by atoms with E-state index < -0.39 is 11.8 Å². The fourth-order valence-electron chi connectivity index (χ4n) is 2.91. The average Bonchev–Trinajstić information content (AvgIpc) is 2.85. The second-order valence-electron chi connectivity index (χ2n) is 6.87. The maximum atomic E-state index is 13.8. The van der Waals surface area contributed by atoms with Crippen LogP contribution < -0.4 is 25.0 Å². The Morgan fingerprint density at radius 2 is 1.71 bits per heavy atom. The summed E-state index contributed by atoms with van der Waals surface area (Å²) in [4.78, 5) is 24.2. The summed E-state index contributed by atoms with van der Waals surface area (Å²) in [7, 11) is 1.46. The summed E-state index contributed by atoms with van der Waals surface area (Å²) in [5, 5.41) is 6.28. The van der Waals surface area contributed by atoms with Gasteiger partial charge in [0.05, 0.1) is 25.6 Å². The van der Waals surface area contributed by atoms with Gasteiger partial charge in [0, 0.05) is 5.56 Å². The van der Waals surface area contributed by atoms with Crippen LogP contribution in [0.2, 0.25) is 0 Å². The van der Waals surface area contributed by atoms with Crippen molar-refractivity contribution in [2.75, 3.05) is 19.0 Å². The summed E-state index contributed by atoms with van der Waals surface area (Å²) in [6.45, 7) is 2.25. The first-order valence-corrected chi connectivity index (χ1v) is 10.4. The van der Waals surface area contributed by atoms with Gasteiger partial charge >= 0.3 is 11.8 Å². The van der Waals surface area contributed by atoms with Gasteiger partial charge in [0.2, 0.25) is 0 Å². The zero-order chi connectivity index (χ0) is 24.3. The summed E-state index contributed by atoms with van der Waals surface area (Å²) in [6.07, 6.45) is 1.36. The topological polar surface area (TPSA) is 98.2 Å². The van der Waals surface area contributed by atoms with Crippen LogP contribution in [0.15, 0.2) is 71.8 Å². The summed E-state index contributed by atoms with van der Waals surface area (Å²) in [5.41, 5.74) is 3.54. The summed E-state index contributed by atoms with van der Waals surface area (Å²) < 4.78 is 30.3. The molecule has 0 aliphatic heterocycles. The normalized spacial score (nSPS) is 10.6. The molecule has 0 fully saturated rings. The largest absolute Gasteiger partial charge is 0.495 e. The van der Waals surface area contributed by atoms with Crippen LogP contribution in [0.4, 0.5) is 10.1 Å². The Morgan fingerprint density at radius 1 is 0.941 bits per heavy atom. The Hall–Kier alpha value is -4.40. The molecule has 0 atom stereocenters. The van der Waals surface area contributed by atoms with Crippen molar-refractivity contribution in [3.63, 3.8) is 0 Å². The standard InChI is InChI=1S/C25H24FN3O5/c1-3-33-23-14-17(12-13-22(23)34-16-18-8-4-5-9-19(18)26)15-27-29-25(31)24(30)28-20-10-6-7-11-21(20)32-2/h4-15H,3,16H2,1-2H3,(H,28,30)(H,29,31). The molecular weight excluding hydrogens is 441 g/mol. The van der Waals surface area contributed by atoms with E-state index in [1.54, 1.807) is 60.7 Å². The lowest BCUT2D eigenvalue weighted by Crippen LogP contribution is -2.32. The van der Waals surface area contributed by atoms with Crippen LogP contribution in [-0.4, -0.2) is 31.7 Å². The summed E-state index contributed by atoms with van der Waals surface area (Å²) in [5.74, 6) is -0.904. The fourth-order valence-corrected chi connectivity index (χ4v) is 2.91. The van der Waals surface area contributed by atoms with Gasteiger partial charge < -0.3 is 19.5 Å². The number of amides is 2. The number of hydrazone groups is 1. The number of halogens is 1. The lowest BCUT2D eigenvalue weighted by Gasteiger charge is -2.13. The first kappa shape index (κ1) is 24.2. The smallest absolute Gasteiger partial charge is 0.329 e. The highest BCUT2D eigenvalue weighted by molar-refractivity contribution is 6.39. The third kappa shape index (κ3) is 6.55. The third-order valence-corrected chi connectivity index (χ3v) is 4.55. The fraction of sp³-hybridized carbons (Fsp3) is 0.160. The van der Waals surface area contributed by atoms with E-state index in [2.05, 4.69) is 15.8 Å². The van der Waals surface area contributed by atoms with Crippen molar-refractivity contribution in [3.8, 4) is 17.2 Å². The maximum Gasteiger partial charge on any atom is 0.329 e. The molecule has 176 valence electrons. The molecule has 0 radical (unpaired) electrons. The molecular formula is C25H24FN3O5. The van der Waals surface area contributed by atoms with Gasteiger partial charge in [-0.2, -0.15) is 5.10 Å². The predicted octanol–water partition coefficient (Wildman–Crippen LogP) is 3.90. The average molecular weight is 465 g/mol. The number of carbonyl (C=O) groups is 2. The molecule has 0 spiro atoms. The van der Waals surface area contributed by atoms with Crippen LogP contribution in [0, 0.1) is 5.82 Å². The van der Waals surface area contributed by atoms with E-state index in [4.69, 9.17) is 14.2 Å². The Kier molecular flexibility index (Phi) is 8.56. The Balaban J connectivity index is 1.61. The van der Waals surface area contributed by atoms with Crippen LogP contribution >= 0.6 is 0 Å². The van der Waals surface area contributed by atoms with E-state index in [1.807, 2.05) is 6.92 Å². The summed E-state index contributed by atoms with van der Waals surface area (Å²) in [6, 6.07) is 18.1. The lowest BCUT2D eigenvalue weighted by atomic mass is 10.2. The first-order valence-electron chi connectivity index (χ1n) is 10.4. The molecule has 0 unspecified atom stereocenters. The second-order valence-corrected chi connectivity index (χ2v) is 6.87. The van der Waals surface area contributed by atoms with Crippen molar-refractivity contribution in [1.82, 2.24) is 5.43 Å². The SMILES string of the molecule is CCOc1cc(C=NNC(=O)C(=O)Nc2ccccc2OC)ccc1OCc1ccccc1F. The van der Waals surface area contributed by atoms with Crippen molar-refractivity contribution < 1.29 is 28.2 Å². The minimum Gasteiger partial charge on any atom is -0.495 e. The highest BCUT2D eigenvalue weighted by atomic mass is 19.1. The van der Waals surface area contributed by atoms with Gasteiger partial charge in [0.25, 0.3) is 0 Å². The zero-order valence-electron chi connectivity index (χ0n) is 18.7. The number of para-hydroxylation sites is 2. The van der Waals surface area contributed by atoms with Crippen molar-refractivity contribution in [2.45, 2.75) is 13.5 Å². The number of nitrogens with zero attached hydrogens (tertiary/aromatic N) is 1. The zero-order valence-corrected chi connectivity index (χ0v) is 18.7. The van der Waals surface area contributed by atoms with Crippen LogP contribution in [0.3, 0.4) is 0 Å². The van der Waals surface area contributed by atoms with Gasteiger partial charge in [-0.25, -0.2) is 9.82 Å². The van der Waals surface area contributed by atoms with Gasteiger partial charge in [0.15, 0.2) is 11.5 Å². The molecule has 8 nitrogen and oxygen atoms in total. The van der Waals surface area contributed by atoms with Crippen molar-refractivity contribution >= 4 is 23.7 Å². The van der Waals surface area contributed by atoms with E-state index in [9.17, 15) is 14.0 Å². The molecule has 0 aliphatic rings. The lowest BCUT2D eigenvalue weighted by molar-refractivity contribution is -0.136. The number of methoxy groups -OCH3 is 1. The Labute approximate surface area is 196 Å². The van der Waals surface area contributed by atoms with Crippen LogP contribution in [0.25, 0.3) is 0 Å². The molecule has 3 aromatic rings. The molecule has 0 aromatic heterocycles. The number of nitrogens with one attached hydrogen (secondary N) is 2. The van der Waals surface area contributed by atoms with Crippen molar-refractivity contribution in [2.24, 2.45) is 5.10 Å². The van der Waals surface area contributed by atoms with E-state index in [0.29, 0.717) is 40.7 Å². The molecule has 3 rings (SSSR count). The molecule has 2 N–H and O–H groups in total. The van der Waals surface area contributed by atoms with Gasteiger partial charge in [-0.15, -0.1) is 0 Å². The number of benzene rings is 3. The van der Waals surface area contributed by atoms with Gasteiger partial charge in [-0.3, -0.25) is 9.59 Å². The monoisotopic (exact) mass is 465 g/mol. The van der Waals surface area contributed by atoms with Crippen molar-refractivity contribution in [3.05, 3.63) is 83.7 Å². The van der Waals surface area contributed by atoms with E-state index in [1.165, 1.54) is 19.4 Å². The van der Waals surface area contributed by atoms with Gasteiger partial charge in [-0.1, -0.05) is 30.3 Å². The van der Waals surface area contributed by atoms with E-state index in [0.717, 1.165) is 0 Å². The molecule has 0 heterocycles. The van der Waals surface area contributed by atoms with Gasteiger partial charge in [-0.05, 0) is 48.9 Å². The highest BCUT2D eigenvalue weighted by Crippen LogP contribution is 2.29. The minimum absolute atomic E-state index is 0.0392. The number of hydrogen-bond donors (Lipinski definition) is 2. The second kappa shape index (κ2) is 12.0. The number of rotatable bonds is 9. The maximum absolute atomic E-state index is 13.8. The van der Waals surface area contributed by atoms with Crippen LogP contribution in [0.1, 0.15) is 18.1 Å². The number of carbonyl (C=O) groups excluding carboxylic acids is 2. The molecule has 0 bridgehead atoms. The molecule has 0 saturated heterocycles. The molecule has 34 heavy (non-hydrogen) atoms. The first-order chi connectivity index (χ1) is 16.5. The molecule has 0 saturated carbocycles. The molecule has 9 heteroatoms. The van der Waals surface area contributed by atoms with Crippen molar-refractivity contribution in [1.29, 1.82) is 0 Å². The molecule has 0 aliphatic carbocycles. The van der Waals surface area contributed by atoms with E-state index in [-0.39, 0.29) is 12.4 Å².